The first-order valence-electron chi connectivity index (χ1n) is 8.65. The third kappa shape index (κ3) is 2.69. The lowest BCUT2D eigenvalue weighted by Gasteiger charge is -2.49. The van der Waals surface area contributed by atoms with E-state index in [1.165, 1.54) is 12.8 Å². The number of hydrogen-bond acceptors (Lipinski definition) is 3. The Hall–Kier alpha value is -2.27. The molecule has 5 rings (SSSR count). The number of nitrogens with one attached hydrogen (secondary N) is 2. The summed E-state index contributed by atoms with van der Waals surface area (Å²) in [4.78, 5) is 18.3. The van der Waals surface area contributed by atoms with Gasteiger partial charge in [-0.05, 0) is 63.0 Å². The fourth-order valence-corrected chi connectivity index (χ4v) is 4.14. The number of piperidine rings is 3. The van der Waals surface area contributed by atoms with Crippen molar-refractivity contribution in [2.45, 2.75) is 31.8 Å². The number of H-pyrrole nitrogens is 1. The number of carbonyl (C=O) groups is 1. The van der Waals surface area contributed by atoms with E-state index in [-0.39, 0.29) is 17.7 Å². The largest absolute Gasteiger partial charge is 0.508 e. The molecule has 5 nitrogen and oxygen atoms in total. The van der Waals surface area contributed by atoms with Gasteiger partial charge in [-0.3, -0.25) is 9.69 Å². The normalized spacial score (nSPS) is 28.7. The van der Waals surface area contributed by atoms with Gasteiger partial charge in [0.15, 0.2) is 0 Å². The SMILES string of the molecule is C[C@@H]1[C@H](NC(=O)c2ccc(-c3cccc(O)c3)[nH]2)C2CCN1CC2. The first-order chi connectivity index (χ1) is 11.6. The Labute approximate surface area is 141 Å². The number of hydrogen-bond donors (Lipinski definition) is 3. The van der Waals surface area contributed by atoms with E-state index in [0.29, 0.717) is 17.7 Å². The number of phenolic OH excluding ortho intramolecular Hbond substituents is 1. The summed E-state index contributed by atoms with van der Waals surface area (Å²) < 4.78 is 0. The fourth-order valence-electron chi connectivity index (χ4n) is 4.14. The van der Waals surface area contributed by atoms with E-state index in [4.69, 9.17) is 0 Å². The Kier molecular flexibility index (Phi) is 3.81. The van der Waals surface area contributed by atoms with Crippen LogP contribution in [-0.4, -0.2) is 46.1 Å². The molecule has 0 spiro atoms. The summed E-state index contributed by atoms with van der Waals surface area (Å²) in [7, 11) is 0. The maximum absolute atomic E-state index is 12.6. The third-order valence-electron chi connectivity index (χ3n) is 5.56. The van der Waals surface area contributed by atoms with Crippen LogP contribution in [-0.2, 0) is 0 Å². The molecule has 4 heterocycles. The molecule has 0 radical (unpaired) electrons. The van der Waals surface area contributed by atoms with Gasteiger partial charge in [0.1, 0.15) is 11.4 Å². The standard InChI is InChI=1S/C19H23N3O2/c1-12-18(13-7-9-22(12)10-8-13)21-19(24)17-6-5-16(20-17)14-3-2-4-15(23)11-14/h2-6,11-13,18,20,23H,7-10H2,1H3,(H,21,24)/t12-,18+/m1/s1. The molecular weight excluding hydrogens is 302 g/mol. The monoisotopic (exact) mass is 325 g/mol. The number of benzene rings is 1. The summed E-state index contributed by atoms with van der Waals surface area (Å²) >= 11 is 0. The van der Waals surface area contributed by atoms with Crippen LogP contribution in [0.2, 0.25) is 0 Å². The molecule has 1 aromatic heterocycles. The maximum Gasteiger partial charge on any atom is 0.267 e. The molecule has 3 fully saturated rings. The average molecular weight is 325 g/mol. The molecule has 5 heteroatoms. The number of aromatic nitrogens is 1. The number of aromatic amines is 1. The first kappa shape index (κ1) is 15.3. The molecule has 2 bridgehead atoms. The van der Waals surface area contributed by atoms with Crippen molar-refractivity contribution in [2.24, 2.45) is 5.92 Å². The predicted octanol–water partition coefficient (Wildman–Crippen LogP) is 2.60. The van der Waals surface area contributed by atoms with Crippen LogP contribution < -0.4 is 5.32 Å². The van der Waals surface area contributed by atoms with Gasteiger partial charge in [0.05, 0.1) is 0 Å². The minimum Gasteiger partial charge on any atom is -0.508 e. The number of aromatic hydroxyl groups is 1. The molecule has 3 aliphatic rings. The van der Waals surface area contributed by atoms with Crippen LogP contribution in [0.25, 0.3) is 11.3 Å². The Bertz CT molecular complexity index is 745. The number of fused-ring (bicyclic) bond motifs is 3. The molecular formula is C19H23N3O2. The highest BCUT2D eigenvalue weighted by Gasteiger charge is 2.40. The van der Waals surface area contributed by atoms with Gasteiger partial charge in [0.25, 0.3) is 5.91 Å². The number of amides is 1. The Morgan fingerprint density at radius 2 is 2.04 bits per heavy atom. The zero-order chi connectivity index (χ0) is 16.7. The molecule has 24 heavy (non-hydrogen) atoms. The van der Waals surface area contributed by atoms with Gasteiger partial charge in [-0.25, -0.2) is 0 Å². The predicted molar refractivity (Wildman–Crippen MR) is 92.9 cm³/mol. The highest BCUT2D eigenvalue weighted by atomic mass is 16.3. The molecule has 0 aliphatic carbocycles. The van der Waals surface area contributed by atoms with E-state index in [0.717, 1.165) is 24.3 Å². The molecule has 3 aliphatic heterocycles. The molecule has 2 atom stereocenters. The second kappa shape index (κ2) is 5.98. The summed E-state index contributed by atoms with van der Waals surface area (Å²) in [6, 6.07) is 11.3. The van der Waals surface area contributed by atoms with Gasteiger partial charge in [-0.2, -0.15) is 0 Å². The van der Waals surface area contributed by atoms with E-state index in [2.05, 4.69) is 22.1 Å². The summed E-state index contributed by atoms with van der Waals surface area (Å²) in [5.74, 6) is 0.760. The van der Waals surface area contributed by atoms with Gasteiger partial charge in [0.2, 0.25) is 0 Å². The highest BCUT2D eigenvalue weighted by Crippen LogP contribution is 2.32. The van der Waals surface area contributed by atoms with Crippen molar-refractivity contribution in [2.75, 3.05) is 13.1 Å². The lowest BCUT2D eigenvalue weighted by atomic mass is 9.79. The van der Waals surface area contributed by atoms with Crippen molar-refractivity contribution in [3.05, 3.63) is 42.1 Å². The van der Waals surface area contributed by atoms with Crippen molar-refractivity contribution in [1.82, 2.24) is 15.2 Å². The first-order valence-corrected chi connectivity index (χ1v) is 8.65. The topological polar surface area (TPSA) is 68.4 Å². The molecule has 0 saturated carbocycles. The van der Waals surface area contributed by atoms with E-state index in [9.17, 15) is 9.90 Å². The molecule has 0 unspecified atom stereocenters. The minimum absolute atomic E-state index is 0.0491. The molecule has 126 valence electrons. The van der Waals surface area contributed by atoms with Crippen LogP contribution in [0.1, 0.15) is 30.3 Å². The van der Waals surface area contributed by atoms with Crippen LogP contribution in [0.3, 0.4) is 0 Å². The number of rotatable bonds is 3. The summed E-state index contributed by atoms with van der Waals surface area (Å²) in [5, 5.41) is 12.8. The van der Waals surface area contributed by atoms with Crippen LogP contribution in [0.4, 0.5) is 0 Å². The van der Waals surface area contributed by atoms with Crippen molar-refractivity contribution in [3.8, 4) is 17.0 Å². The number of phenols is 1. The number of nitrogens with zero attached hydrogens (tertiary/aromatic N) is 1. The maximum atomic E-state index is 12.6. The van der Waals surface area contributed by atoms with Crippen molar-refractivity contribution in [3.63, 3.8) is 0 Å². The van der Waals surface area contributed by atoms with Crippen molar-refractivity contribution >= 4 is 5.91 Å². The van der Waals surface area contributed by atoms with Gasteiger partial charge in [-0.15, -0.1) is 0 Å². The quantitative estimate of drug-likeness (QED) is 0.812. The van der Waals surface area contributed by atoms with E-state index in [1.54, 1.807) is 24.3 Å². The smallest absolute Gasteiger partial charge is 0.267 e. The van der Waals surface area contributed by atoms with Crippen LogP contribution in [0, 0.1) is 5.92 Å². The molecule has 2 aromatic rings. The Balaban J connectivity index is 1.49. The number of carbonyl (C=O) groups excluding carboxylic acids is 1. The lowest BCUT2D eigenvalue weighted by Crippen LogP contribution is -2.62. The van der Waals surface area contributed by atoms with Crippen molar-refractivity contribution in [1.29, 1.82) is 0 Å². The van der Waals surface area contributed by atoms with Crippen molar-refractivity contribution < 1.29 is 9.90 Å². The molecule has 1 amide bonds. The van der Waals surface area contributed by atoms with E-state index >= 15 is 0 Å². The molecule has 1 aromatic carbocycles. The average Bonchev–Trinajstić information content (AvgIpc) is 3.09. The zero-order valence-electron chi connectivity index (χ0n) is 13.8. The third-order valence-corrected chi connectivity index (χ3v) is 5.56. The summed E-state index contributed by atoms with van der Waals surface area (Å²) in [6.45, 7) is 4.52. The van der Waals surface area contributed by atoms with Crippen LogP contribution >= 0.6 is 0 Å². The molecule has 3 saturated heterocycles. The second-order valence-corrected chi connectivity index (χ2v) is 6.95. The Morgan fingerprint density at radius 1 is 1.25 bits per heavy atom. The van der Waals surface area contributed by atoms with Gasteiger partial charge >= 0.3 is 0 Å². The van der Waals surface area contributed by atoms with Gasteiger partial charge in [0, 0.05) is 23.3 Å². The van der Waals surface area contributed by atoms with E-state index < -0.39 is 0 Å². The molecule has 3 N–H and O–H groups in total. The van der Waals surface area contributed by atoms with E-state index in [1.807, 2.05) is 12.1 Å². The lowest BCUT2D eigenvalue weighted by molar-refractivity contribution is 0.0216. The summed E-state index contributed by atoms with van der Waals surface area (Å²) in [6.07, 6.45) is 2.35. The van der Waals surface area contributed by atoms with Gasteiger partial charge < -0.3 is 15.4 Å². The van der Waals surface area contributed by atoms with Crippen LogP contribution in [0.5, 0.6) is 5.75 Å². The summed E-state index contributed by atoms with van der Waals surface area (Å²) in [5.41, 5.74) is 2.26. The van der Waals surface area contributed by atoms with Gasteiger partial charge in [-0.1, -0.05) is 12.1 Å². The zero-order valence-corrected chi connectivity index (χ0v) is 13.8. The van der Waals surface area contributed by atoms with Crippen LogP contribution in [0.15, 0.2) is 36.4 Å². The fraction of sp³-hybridized carbons (Fsp3) is 0.421. The second-order valence-electron chi connectivity index (χ2n) is 6.95. The highest BCUT2D eigenvalue weighted by molar-refractivity contribution is 5.93. The Morgan fingerprint density at radius 3 is 2.75 bits per heavy atom. The minimum atomic E-state index is -0.0491.